The number of rotatable bonds is 4. The minimum absolute atomic E-state index is 0.239. The van der Waals surface area contributed by atoms with Crippen LogP contribution in [0.3, 0.4) is 0 Å². The van der Waals surface area contributed by atoms with E-state index in [0.717, 1.165) is 19.1 Å². The number of ketones is 1. The van der Waals surface area contributed by atoms with Crippen LogP contribution in [0.1, 0.15) is 17.3 Å². The topological polar surface area (TPSA) is 69.4 Å². The van der Waals surface area contributed by atoms with Crippen LogP contribution in [0.4, 0.5) is 14.5 Å². The maximum absolute atomic E-state index is 12.0. The van der Waals surface area contributed by atoms with E-state index in [1.54, 1.807) is 0 Å². The van der Waals surface area contributed by atoms with Crippen molar-refractivity contribution in [3.05, 3.63) is 32.8 Å². The van der Waals surface area contributed by atoms with Crippen molar-refractivity contribution in [1.29, 1.82) is 0 Å². The second-order valence-corrected chi connectivity index (χ2v) is 3.38. The molecule has 0 atom stereocenters. The number of carbonyl (C=O) groups is 1. The lowest BCUT2D eigenvalue weighted by Crippen LogP contribution is -2.05. The van der Waals surface area contributed by atoms with Gasteiger partial charge >= 0.3 is 6.61 Å². The fourth-order valence-electron chi connectivity index (χ4n) is 1.13. The molecule has 0 unspecified atom stereocenters. The van der Waals surface area contributed by atoms with Crippen LogP contribution in [0.2, 0.25) is 5.02 Å². The highest BCUT2D eigenvalue weighted by Crippen LogP contribution is 2.34. The smallest absolute Gasteiger partial charge is 0.387 e. The van der Waals surface area contributed by atoms with Gasteiger partial charge in [-0.25, -0.2) is 0 Å². The number of carbonyl (C=O) groups excluding carboxylic acids is 1. The highest BCUT2D eigenvalue weighted by Gasteiger charge is 2.20. The largest absolute Gasteiger partial charge is 0.433 e. The second kappa shape index (κ2) is 5.05. The molecule has 92 valence electrons. The molecule has 0 aromatic heterocycles. The first-order chi connectivity index (χ1) is 7.82. The van der Waals surface area contributed by atoms with Crippen LogP contribution in [-0.2, 0) is 0 Å². The number of alkyl halides is 2. The van der Waals surface area contributed by atoms with E-state index in [9.17, 15) is 23.7 Å². The summed E-state index contributed by atoms with van der Waals surface area (Å²) in [7, 11) is 0. The van der Waals surface area contributed by atoms with Crippen LogP contribution in [0.5, 0.6) is 5.75 Å². The Hall–Kier alpha value is -1.76. The predicted molar refractivity (Wildman–Crippen MR) is 54.7 cm³/mol. The van der Waals surface area contributed by atoms with Gasteiger partial charge < -0.3 is 4.74 Å². The maximum atomic E-state index is 12.0. The van der Waals surface area contributed by atoms with Crippen molar-refractivity contribution in [3.8, 4) is 5.75 Å². The molecule has 0 heterocycles. The van der Waals surface area contributed by atoms with Gasteiger partial charge in [0.1, 0.15) is 0 Å². The zero-order chi connectivity index (χ0) is 13.2. The van der Waals surface area contributed by atoms with Crippen molar-refractivity contribution in [1.82, 2.24) is 0 Å². The summed E-state index contributed by atoms with van der Waals surface area (Å²) < 4.78 is 28.1. The van der Waals surface area contributed by atoms with Crippen LogP contribution in [0, 0.1) is 10.1 Å². The van der Waals surface area contributed by atoms with Crippen molar-refractivity contribution < 1.29 is 23.2 Å². The minimum atomic E-state index is -3.19. The molecule has 5 nitrogen and oxygen atoms in total. The SMILES string of the molecule is CC(=O)c1cc([N+](=O)[O-])cc(OC(F)F)c1Cl. The molecule has 0 N–H and O–H groups in total. The van der Waals surface area contributed by atoms with Crippen molar-refractivity contribution in [2.24, 2.45) is 0 Å². The second-order valence-electron chi connectivity index (χ2n) is 3.00. The summed E-state index contributed by atoms with van der Waals surface area (Å²) in [6.45, 7) is -2.08. The van der Waals surface area contributed by atoms with Crippen LogP contribution in [0.15, 0.2) is 12.1 Å². The zero-order valence-electron chi connectivity index (χ0n) is 8.45. The summed E-state index contributed by atoms with van der Waals surface area (Å²) in [5, 5.41) is 10.2. The van der Waals surface area contributed by atoms with Crippen molar-refractivity contribution in [3.63, 3.8) is 0 Å². The molecule has 0 saturated carbocycles. The highest BCUT2D eigenvalue weighted by molar-refractivity contribution is 6.35. The lowest BCUT2D eigenvalue weighted by atomic mass is 10.1. The number of hydrogen-bond donors (Lipinski definition) is 0. The first-order valence-corrected chi connectivity index (χ1v) is 4.64. The number of nitro groups is 1. The summed E-state index contributed by atoms with van der Waals surface area (Å²) >= 11 is 5.62. The first-order valence-electron chi connectivity index (χ1n) is 4.26. The Balaban J connectivity index is 3.37. The van der Waals surface area contributed by atoms with Gasteiger partial charge in [-0.2, -0.15) is 8.78 Å². The molecule has 0 radical (unpaired) electrons. The summed E-state index contributed by atoms with van der Waals surface area (Å²) in [6, 6.07) is 1.64. The lowest BCUT2D eigenvalue weighted by molar-refractivity contribution is -0.385. The molecule has 0 aliphatic rings. The Bertz CT molecular complexity index is 478. The molecule has 0 bridgehead atoms. The van der Waals surface area contributed by atoms with Crippen molar-refractivity contribution in [2.45, 2.75) is 13.5 Å². The molecule has 0 saturated heterocycles. The average Bonchev–Trinajstić information content (AvgIpc) is 2.19. The van der Waals surface area contributed by atoms with Crippen LogP contribution in [-0.4, -0.2) is 17.3 Å². The molecule has 8 heteroatoms. The van der Waals surface area contributed by atoms with E-state index in [1.165, 1.54) is 0 Å². The van der Waals surface area contributed by atoms with Crippen LogP contribution in [0.25, 0.3) is 0 Å². The molecule has 17 heavy (non-hydrogen) atoms. The Kier molecular flexibility index (Phi) is 3.95. The molecular weight excluding hydrogens is 260 g/mol. The van der Waals surface area contributed by atoms with Crippen molar-refractivity contribution in [2.75, 3.05) is 0 Å². The number of Topliss-reactive ketones (excluding diaryl/α,β-unsaturated/α-hetero) is 1. The van der Waals surface area contributed by atoms with Gasteiger partial charge in [0.15, 0.2) is 11.5 Å². The fraction of sp³-hybridized carbons (Fsp3) is 0.222. The van der Waals surface area contributed by atoms with Gasteiger partial charge in [0, 0.05) is 11.6 Å². The van der Waals surface area contributed by atoms with E-state index >= 15 is 0 Å². The quantitative estimate of drug-likeness (QED) is 0.477. The average molecular weight is 266 g/mol. The number of nitrogens with zero attached hydrogens (tertiary/aromatic N) is 1. The van der Waals surface area contributed by atoms with Gasteiger partial charge in [0.05, 0.1) is 16.0 Å². The molecule has 0 spiro atoms. The van der Waals surface area contributed by atoms with Crippen LogP contribution >= 0.6 is 11.6 Å². The molecular formula is C9H6ClF2NO4. The molecule has 1 aromatic carbocycles. The molecule has 0 amide bonds. The summed E-state index contributed by atoms with van der Waals surface area (Å²) in [5.74, 6) is -1.18. The Morgan fingerprint density at radius 3 is 2.53 bits per heavy atom. The van der Waals surface area contributed by atoms with E-state index in [2.05, 4.69) is 4.74 Å². The van der Waals surface area contributed by atoms with E-state index in [-0.39, 0.29) is 10.6 Å². The van der Waals surface area contributed by atoms with E-state index in [1.807, 2.05) is 0 Å². The predicted octanol–water partition coefficient (Wildman–Crippen LogP) is 3.05. The molecule has 0 fully saturated rings. The third-order valence-corrected chi connectivity index (χ3v) is 2.22. The number of non-ortho nitro benzene ring substituents is 1. The third-order valence-electron chi connectivity index (χ3n) is 1.83. The summed E-state index contributed by atoms with van der Waals surface area (Å²) in [6.07, 6.45) is 0. The maximum Gasteiger partial charge on any atom is 0.387 e. The first kappa shape index (κ1) is 13.3. The number of benzene rings is 1. The van der Waals surface area contributed by atoms with Gasteiger partial charge in [-0.15, -0.1) is 0 Å². The highest BCUT2D eigenvalue weighted by atomic mass is 35.5. The molecule has 1 rings (SSSR count). The van der Waals surface area contributed by atoms with E-state index in [4.69, 9.17) is 11.6 Å². The molecule has 1 aromatic rings. The number of hydrogen-bond acceptors (Lipinski definition) is 4. The van der Waals surface area contributed by atoms with Gasteiger partial charge in [-0.1, -0.05) is 11.6 Å². The van der Waals surface area contributed by atoms with Crippen molar-refractivity contribution >= 4 is 23.1 Å². The van der Waals surface area contributed by atoms with Gasteiger partial charge in [-0.05, 0) is 6.92 Å². The lowest BCUT2D eigenvalue weighted by Gasteiger charge is -2.08. The Morgan fingerprint density at radius 2 is 2.12 bits per heavy atom. The fourth-order valence-corrected chi connectivity index (χ4v) is 1.41. The standard InChI is InChI=1S/C9H6ClF2NO4/c1-4(14)6-2-5(13(15)16)3-7(8(6)10)17-9(11)12/h2-3,9H,1H3. The molecule has 0 aliphatic heterocycles. The Morgan fingerprint density at radius 1 is 1.53 bits per heavy atom. The monoisotopic (exact) mass is 265 g/mol. The minimum Gasteiger partial charge on any atom is -0.433 e. The summed E-state index contributed by atoms with van der Waals surface area (Å²) in [5.41, 5.74) is -0.785. The van der Waals surface area contributed by atoms with E-state index in [0.29, 0.717) is 0 Å². The zero-order valence-corrected chi connectivity index (χ0v) is 9.20. The molecule has 0 aliphatic carbocycles. The van der Waals surface area contributed by atoms with E-state index < -0.39 is 28.8 Å². The number of nitro benzene ring substituents is 1. The normalized spacial score (nSPS) is 10.4. The van der Waals surface area contributed by atoms with Crippen LogP contribution < -0.4 is 4.74 Å². The number of ether oxygens (including phenoxy) is 1. The van der Waals surface area contributed by atoms with Gasteiger partial charge in [0.2, 0.25) is 0 Å². The van der Waals surface area contributed by atoms with Gasteiger partial charge in [0.25, 0.3) is 5.69 Å². The Labute approximate surface area is 99.1 Å². The van der Waals surface area contributed by atoms with Gasteiger partial charge in [-0.3, -0.25) is 14.9 Å². The summed E-state index contributed by atoms with van der Waals surface area (Å²) in [4.78, 5) is 20.8. The number of halogens is 3. The third kappa shape index (κ3) is 3.10.